The van der Waals surface area contributed by atoms with E-state index in [9.17, 15) is 9.90 Å². The van der Waals surface area contributed by atoms with E-state index in [0.717, 1.165) is 25.2 Å². The highest BCUT2D eigenvalue weighted by atomic mass is 16.4. The first-order valence-corrected chi connectivity index (χ1v) is 13.1. The zero-order chi connectivity index (χ0) is 23.9. The summed E-state index contributed by atoms with van der Waals surface area (Å²) < 4.78 is 0. The minimum atomic E-state index is -0.677. The Kier molecular flexibility index (Phi) is 7.24. The predicted molar refractivity (Wildman–Crippen MR) is 135 cm³/mol. The lowest BCUT2D eigenvalue weighted by Crippen LogP contribution is -2.51. The van der Waals surface area contributed by atoms with Crippen molar-refractivity contribution in [2.45, 2.75) is 106 Å². The molecule has 0 aromatic rings. The maximum absolute atomic E-state index is 11.5. The summed E-state index contributed by atoms with van der Waals surface area (Å²) in [5.74, 6) is 1.72. The monoisotopic (exact) mass is 440 g/mol. The van der Waals surface area contributed by atoms with Crippen LogP contribution < -0.4 is 0 Å². The Morgan fingerprint density at radius 1 is 1.16 bits per heavy atom. The molecule has 0 amide bonds. The van der Waals surface area contributed by atoms with E-state index in [1.54, 1.807) is 11.1 Å². The van der Waals surface area contributed by atoms with Crippen LogP contribution in [0.1, 0.15) is 106 Å². The fraction of sp³-hybridized carbons (Fsp3) is 0.767. The summed E-state index contributed by atoms with van der Waals surface area (Å²) in [7, 11) is 0. The molecule has 0 aromatic carbocycles. The van der Waals surface area contributed by atoms with Crippen LogP contribution in [-0.4, -0.2) is 11.1 Å². The second kappa shape index (κ2) is 9.15. The van der Waals surface area contributed by atoms with Crippen molar-refractivity contribution in [3.05, 3.63) is 35.5 Å². The van der Waals surface area contributed by atoms with Crippen molar-refractivity contribution in [1.29, 1.82) is 0 Å². The van der Waals surface area contributed by atoms with E-state index >= 15 is 0 Å². The molecule has 0 spiro atoms. The molecule has 3 aliphatic carbocycles. The number of carbonyl (C=O) groups is 1. The molecule has 0 saturated heterocycles. The molecule has 180 valence electrons. The van der Waals surface area contributed by atoms with Crippen LogP contribution in [0, 0.1) is 39.9 Å². The van der Waals surface area contributed by atoms with Gasteiger partial charge in [-0.25, -0.2) is 0 Å². The molecule has 3 rings (SSSR count). The lowest BCUT2D eigenvalue weighted by Gasteiger charge is -2.60. The van der Waals surface area contributed by atoms with Gasteiger partial charge in [0.2, 0.25) is 0 Å². The smallest absolute Gasteiger partial charge is 0.303 e. The van der Waals surface area contributed by atoms with Gasteiger partial charge in [0, 0.05) is 6.42 Å². The maximum Gasteiger partial charge on any atom is 0.303 e. The third kappa shape index (κ3) is 4.16. The van der Waals surface area contributed by atoms with Crippen LogP contribution >= 0.6 is 0 Å². The van der Waals surface area contributed by atoms with Crippen LogP contribution in [0.25, 0.3) is 0 Å². The summed E-state index contributed by atoms with van der Waals surface area (Å²) >= 11 is 0. The van der Waals surface area contributed by atoms with E-state index in [2.05, 4.69) is 67.2 Å². The van der Waals surface area contributed by atoms with Crippen molar-refractivity contribution < 1.29 is 9.90 Å². The molecule has 6 atom stereocenters. The molecule has 2 saturated carbocycles. The predicted octanol–water partition coefficient (Wildman–Crippen LogP) is 8.60. The third-order valence-electron chi connectivity index (χ3n) is 10.3. The Hall–Kier alpha value is -1.31. The van der Waals surface area contributed by atoms with Crippen molar-refractivity contribution in [2.24, 2.45) is 39.9 Å². The molecule has 0 radical (unpaired) electrons. The first-order valence-electron chi connectivity index (χ1n) is 13.1. The molecule has 0 aliphatic heterocycles. The second-order valence-corrected chi connectivity index (χ2v) is 12.5. The van der Waals surface area contributed by atoms with Crippen LogP contribution in [0.15, 0.2) is 35.5 Å². The number of carboxylic acid groups (broad SMARTS) is 1. The lowest BCUT2D eigenvalue weighted by molar-refractivity contribution is -0.137. The Balaban J connectivity index is 1.95. The van der Waals surface area contributed by atoms with Gasteiger partial charge in [-0.15, -0.1) is 0 Å². The molecule has 32 heavy (non-hydrogen) atoms. The summed E-state index contributed by atoms with van der Waals surface area (Å²) in [5, 5.41) is 9.47. The zero-order valence-corrected chi connectivity index (χ0v) is 21.9. The molecular formula is C30H48O2. The van der Waals surface area contributed by atoms with E-state index in [4.69, 9.17) is 0 Å². The molecule has 0 bridgehead atoms. The average Bonchev–Trinajstić information content (AvgIpc) is 2.98. The highest BCUT2D eigenvalue weighted by Gasteiger charge is 2.62. The summed E-state index contributed by atoms with van der Waals surface area (Å²) in [6.07, 6.45) is 14.6. The van der Waals surface area contributed by atoms with E-state index in [1.165, 1.54) is 37.7 Å². The number of carboxylic acids is 1. The van der Waals surface area contributed by atoms with Gasteiger partial charge in [0.05, 0.1) is 0 Å². The van der Waals surface area contributed by atoms with E-state index < -0.39 is 5.97 Å². The Labute approximate surface area is 197 Å². The first kappa shape index (κ1) is 25.3. The molecule has 0 unspecified atom stereocenters. The van der Waals surface area contributed by atoms with Gasteiger partial charge in [-0.3, -0.25) is 4.79 Å². The molecule has 0 heterocycles. The number of hydrogen-bond acceptors (Lipinski definition) is 1. The Morgan fingerprint density at radius 3 is 2.44 bits per heavy atom. The van der Waals surface area contributed by atoms with Crippen LogP contribution in [0.5, 0.6) is 0 Å². The average molecular weight is 441 g/mol. The minimum Gasteiger partial charge on any atom is -0.481 e. The van der Waals surface area contributed by atoms with Gasteiger partial charge in [-0.1, -0.05) is 70.1 Å². The quantitative estimate of drug-likeness (QED) is 0.384. The summed E-state index contributed by atoms with van der Waals surface area (Å²) in [5.41, 5.74) is 4.92. The minimum absolute atomic E-state index is 0.0717. The van der Waals surface area contributed by atoms with Crippen molar-refractivity contribution in [3.8, 4) is 0 Å². The lowest BCUT2D eigenvalue weighted by atomic mass is 9.44. The van der Waals surface area contributed by atoms with Crippen molar-refractivity contribution >= 4 is 5.97 Å². The molecular weight excluding hydrogens is 392 g/mol. The van der Waals surface area contributed by atoms with Gasteiger partial charge < -0.3 is 5.11 Å². The van der Waals surface area contributed by atoms with Gasteiger partial charge >= 0.3 is 5.97 Å². The van der Waals surface area contributed by atoms with Crippen molar-refractivity contribution in [1.82, 2.24) is 0 Å². The maximum atomic E-state index is 11.5. The SMILES string of the molecule is C=C(C)[C@@H]1CC[C@@H]2C(=CC[C@]3(C)[C@@H](/C(C)=C/CCC(C)C)CC[C@@]23C)[C@@]1(C)CCC(=O)O. The highest BCUT2D eigenvalue weighted by Crippen LogP contribution is 2.71. The molecule has 2 nitrogen and oxygen atoms in total. The first-order chi connectivity index (χ1) is 14.9. The number of rotatable bonds is 8. The number of allylic oxidation sites excluding steroid dienone is 5. The van der Waals surface area contributed by atoms with Crippen LogP contribution in [0.4, 0.5) is 0 Å². The van der Waals surface area contributed by atoms with Gasteiger partial charge in [0.25, 0.3) is 0 Å². The Morgan fingerprint density at radius 2 is 1.84 bits per heavy atom. The largest absolute Gasteiger partial charge is 0.481 e. The van der Waals surface area contributed by atoms with E-state index in [-0.39, 0.29) is 11.8 Å². The van der Waals surface area contributed by atoms with Crippen molar-refractivity contribution in [2.75, 3.05) is 0 Å². The fourth-order valence-corrected chi connectivity index (χ4v) is 8.15. The van der Waals surface area contributed by atoms with Gasteiger partial charge in [-0.05, 0) is 105 Å². The van der Waals surface area contributed by atoms with Gasteiger partial charge in [-0.2, -0.15) is 0 Å². The van der Waals surface area contributed by atoms with E-state index in [0.29, 0.717) is 28.6 Å². The third-order valence-corrected chi connectivity index (χ3v) is 10.3. The molecule has 0 aromatic heterocycles. The van der Waals surface area contributed by atoms with Gasteiger partial charge in [0.15, 0.2) is 0 Å². The topological polar surface area (TPSA) is 37.3 Å². The number of hydrogen-bond donors (Lipinski definition) is 1. The zero-order valence-electron chi connectivity index (χ0n) is 21.9. The number of fused-ring (bicyclic) bond motifs is 3. The second-order valence-electron chi connectivity index (χ2n) is 12.5. The molecule has 3 aliphatic rings. The summed E-state index contributed by atoms with van der Waals surface area (Å²) in [6.45, 7) is 21.0. The summed E-state index contributed by atoms with van der Waals surface area (Å²) in [4.78, 5) is 11.5. The van der Waals surface area contributed by atoms with Crippen molar-refractivity contribution in [3.63, 3.8) is 0 Å². The molecule has 1 N–H and O–H groups in total. The summed E-state index contributed by atoms with van der Waals surface area (Å²) in [6, 6.07) is 0. The van der Waals surface area contributed by atoms with Crippen LogP contribution in [0.3, 0.4) is 0 Å². The van der Waals surface area contributed by atoms with Crippen LogP contribution in [0.2, 0.25) is 0 Å². The Bertz CT molecular complexity index is 802. The van der Waals surface area contributed by atoms with Crippen LogP contribution in [-0.2, 0) is 4.79 Å². The fourth-order valence-electron chi connectivity index (χ4n) is 8.15. The normalized spacial score (nSPS) is 39.4. The highest BCUT2D eigenvalue weighted by molar-refractivity contribution is 5.66. The number of aliphatic carboxylic acids is 1. The van der Waals surface area contributed by atoms with E-state index in [1.807, 2.05) is 0 Å². The molecule has 2 heteroatoms. The van der Waals surface area contributed by atoms with Gasteiger partial charge in [0.1, 0.15) is 0 Å². The standard InChI is InChI=1S/C30H48O2/c1-20(2)10-9-11-22(5)24-14-18-30(8)26-13-12-23(21(3)4)28(6,17-16-27(31)32)25(26)15-19-29(24,30)7/h11,15,20,23-24,26H,3,9-10,12-14,16-19H2,1-2,4-8H3,(H,31,32)/b22-11+/t23-,24+,26+,28-,29+,30-/m0/s1. The molecule has 2 fully saturated rings.